The highest BCUT2D eigenvalue weighted by molar-refractivity contribution is 6.01. The van der Waals surface area contributed by atoms with Crippen molar-refractivity contribution in [1.29, 1.82) is 5.26 Å². The van der Waals surface area contributed by atoms with Gasteiger partial charge in [0.25, 0.3) is 5.91 Å². The predicted molar refractivity (Wildman–Crippen MR) is 68.0 cm³/mol. The van der Waals surface area contributed by atoms with E-state index in [0.717, 1.165) is 11.1 Å². The molecular weight excluding hydrogens is 212 g/mol. The number of hydrogen-bond donors (Lipinski definition) is 1. The van der Waals surface area contributed by atoms with Crippen molar-refractivity contribution in [3.05, 3.63) is 41.0 Å². The molecule has 0 spiro atoms. The number of benzene rings is 1. The van der Waals surface area contributed by atoms with Crippen LogP contribution in [0.3, 0.4) is 0 Å². The maximum Gasteiger partial charge on any atom is 0.262 e. The van der Waals surface area contributed by atoms with Crippen molar-refractivity contribution in [3.63, 3.8) is 0 Å². The first-order chi connectivity index (χ1) is 8.02. The summed E-state index contributed by atoms with van der Waals surface area (Å²) in [5, 5.41) is 11.7. The maximum atomic E-state index is 11.7. The second-order valence-electron chi connectivity index (χ2n) is 4.21. The van der Waals surface area contributed by atoms with Crippen molar-refractivity contribution in [3.8, 4) is 6.07 Å². The molecule has 1 aromatic rings. The highest BCUT2D eigenvalue weighted by Crippen LogP contribution is 2.09. The van der Waals surface area contributed by atoms with Gasteiger partial charge in [0.1, 0.15) is 11.6 Å². The van der Waals surface area contributed by atoms with Gasteiger partial charge in [-0.25, -0.2) is 0 Å². The highest BCUT2D eigenvalue weighted by atomic mass is 16.1. The van der Waals surface area contributed by atoms with Crippen LogP contribution < -0.4 is 5.32 Å². The van der Waals surface area contributed by atoms with Gasteiger partial charge >= 0.3 is 0 Å². The molecule has 0 aliphatic heterocycles. The first kappa shape index (κ1) is 13.0. The number of nitrogens with one attached hydrogen (secondary N) is 1. The summed E-state index contributed by atoms with van der Waals surface area (Å²) in [5.74, 6) is -0.330. The number of nitriles is 1. The van der Waals surface area contributed by atoms with Crippen LogP contribution in [-0.2, 0) is 4.79 Å². The molecule has 0 aromatic heterocycles. The van der Waals surface area contributed by atoms with Crippen molar-refractivity contribution in [2.75, 3.05) is 0 Å². The molecule has 3 nitrogen and oxygen atoms in total. The average Bonchev–Trinajstić information content (AvgIpc) is 2.24. The predicted octanol–water partition coefficient (Wildman–Crippen LogP) is 2.43. The summed E-state index contributed by atoms with van der Waals surface area (Å²) in [7, 11) is 0. The number of carbonyl (C=O) groups is 1. The van der Waals surface area contributed by atoms with E-state index < -0.39 is 0 Å². The largest absolute Gasteiger partial charge is 0.349 e. The number of rotatable bonds is 3. The molecule has 1 rings (SSSR count). The van der Waals surface area contributed by atoms with E-state index in [-0.39, 0.29) is 17.5 Å². The molecule has 17 heavy (non-hydrogen) atoms. The Hall–Kier alpha value is -2.08. The van der Waals surface area contributed by atoms with Crippen LogP contribution in [0, 0.1) is 18.3 Å². The monoisotopic (exact) mass is 228 g/mol. The van der Waals surface area contributed by atoms with Crippen molar-refractivity contribution in [2.24, 2.45) is 0 Å². The minimum atomic E-state index is -0.330. The van der Waals surface area contributed by atoms with E-state index >= 15 is 0 Å². The molecule has 0 unspecified atom stereocenters. The van der Waals surface area contributed by atoms with E-state index in [9.17, 15) is 4.79 Å². The zero-order valence-electron chi connectivity index (χ0n) is 10.3. The van der Waals surface area contributed by atoms with Crippen LogP contribution in [0.1, 0.15) is 25.0 Å². The summed E-state index contributed by atoms with van der Waals surface area (Å²) in [6, 6.07) is 9.62. The summed E-state index contributed by atoms with van der Waals surface area (Å²) in [5.41, 5.74) is 2.09. The molecule has 1 N–H and O–H groups in total. The van der Waals surface area contributed by atoms with E-state index in [0.29, 0.717) is 0 Å². The van der Waals surface area contributed by atoms with Crippen LogP contribution >= 0.6 is 0 Å². The van der Waals surface area contributed by atoms with Gasteiger partial charge in [-0.1, -0.05) is 29.8 Å². The molecule has 88 valence electrons. The Morgan fingerprint density at radius 1 is 1.47 bits per heavy atom. The molecule has 0 bridgehead atoms. The van der Waals surface area contributed by atoms with Crippen LogP contribution in [0.25, 0.3) is 6.08 Å². The Morgan fingerprint density at radius 2 is 2.18 bits per heavy atom. The molecular formula is C14H16N2O. The van der Waals surface area contributed by atoms with E-state index in [1.807, 2.05) is 51.1 Å². The number of aryl methyl sites for hydroxylation is 1. The Kier molecular flexibility index (Phi) is 4.47. The van der Waals surface area contributed by atoms with Gasteiger partial charge in [0.05, 0.1) is 0 Å². The van der Waals surface area contributed by atoms with Crippen LogP contribution in [0.5, 0.6) is 0 Å². The average molecular weight is 228 g/mol. The van der Waals surface area contributed by atoms with Gasteiger partial charge in [-0.15, -0.1) is 0 Å². The zero-order chi connectivity index (χ0) is 12.8. The third-order valence-electron chi connectivity index (χ3n) is 2.14. The van der Waals surface area contributed by atoms with Gasteiger partial charge in [-0.3, -0.25) is 4.79 Å². The van der Waals surface area contributed by atoms with Gasteiger partial charge in [0.15, 0.2) is 0 Å². The summed E-state index contributed by atoms with van der Waals surface area (Å²) in [4.78, 5) is 11.7. The number of nitrogens with zero attached hydrogens (tertiary/aromatic N) is 1. The quantitative estimate of drug-likeness (QED) is 0.638. The fourth-order valence-corrected chi connectivity index (χ4v) is 1.42. The Balaban J connectivity index is 2.95. The maximum absolute atomic E-state index is 11.7. The standard InChI is InChI=1S/C14H16N2O/c1-10(2)16-14(17)13(9-15)8-12-6-4-5-11(3)7-12/h4-8,10H,1-3H3,(H,16,17)/b13-8-. The second kappa shape index (κ2) is 5.86. The zero-order valence-corrected chi connectivity index (χ0v) is 10.3. The summed E-state index contributed by atoms with van der Waals surface area (Å²) >= 11 is 0. The van der Waals surface area contributed by atoms with Crippen molar-refractivity contribution < 1.29 is 4.79 Å². The van der Waals surface area contributed by atoms with Crippen LogP contribution in [0.2, 0.25) is 0 Å². The highest BCUT2D eigenvalue weighted by Gasteiger charge is 2.09. The number of amides is 1. The SMILES string of the molecule is Cc1cccc(/C=C(/C#N)C(=O)NC(C)C)c1. The van der Waals surface area contributed by atoms with Gasteiger partial charge in [0, 0.05) is 6.04 Å². The first-order valence-corrected chi connectivity index (χ1v) is 5.52. The molecule has 0 aliphatic carbocycles. The van der Waals surface area contributed by atoms with Crippen molar-refractivity contribution in [1.82, 2.24) is 5.32 Å². The molecule has 0 atom stereocenters. The number of hydrogen-bond acceptors (Lipinski definition) is 2. The van der Waals surface area contributed by atoms with Gasteiger partial charge < -0.3 is 5.32 Å². The minimum Gasteiger partial charge on any atom is -0.349 e. The fraction of sp³-hybridized carbons (Fsp3) is 0.286. The molecule has 0 aliphatic rings. The lowest BCUT2D eigenvalue weighted by atomic mass is 10.1. The molecule has 0 fully saturated rings. The molecule has 3 heteroatoms. The van der Waals surface area contributed by atoms with Gasteiger partial charge in [-0.2, -0.15) is 5.26 Å². The lowest BCUT2D eigenvalue weighted by molar-refractivity contribution is -0.117. The molecule has 0 saturated carbocycles. The van der Waals surface area contributed by atoms with Crippen molar-refractivity contribution >= 4 is 12.0 Å². The van der Waals surface area contributed by atoms with E-state index in [1.54, 1.807) is 6.08 Å². The summed E-state index contributed by atoms with van der Waals surface area (Å²) in [6.45, 7) is 5.69. The lowest BCUT2D eigenvalue weighted by Crippen LogP contribution is -2.30. The number of carbonyl (C=O) groups excluding carboxylic acids is 1. The Bertz CT molecular complexity index is 481. The fourth-order valence-electron chi connectivity index (χ4n) is 1.42. The van der Waals surface area contributed by atoms with E-state index in [4.69, 9.17) is 5.26 Å². The van der Waals surface area contributed by atoms with Crippen molar-refractivity contribution in [2.45, 2.75) is 26.8 Å². The van der Waals surface area contributed by atoms with Gasteiger partial charge in [0.2, 0.25) is 0 Å². The normalized spacial score (nSPS) is 11.1. The molecule has 0 radical (unpaired) electrons. The third kappa shape index (κ3) is 4.12. The smallest absolute Gasteiger partial charge is 0.262 e. The van der Waals surface area contributed by atoms with Crippen LogP contribution in [0.15, 0.2) is 29.8 Å². The topological polar surface area (TPSA) is 52.9 Å². The Morgan fingerprint density at radius 3 is 2.71 bits per heavy atom. The minimum absolute atomic E-state index is 0.0248. The lowest BCUT2D eigenvalue weighted by Gasteiger charge is -2.07. The van der Waals surface area contributed by atoms with Crippen LogP contribution in [0.4, 0.5) is 0 Å². The van der Waals surface area contributed by atoms with E-state index in [2.05, 4.69) is 5.32 Å². The molecule has 1 amide bonds. The molecule has 0 saturated heterocycles. The Labute approximate surface area is 102 Å². The second-order valence-corrected chi connectivity index (χ2v) is 4.21. The summed E-state index contributed by atoms with van der Waals surface area (Å²) < 4.78 is 0. The third-order valence-corrected chi connectivity index (χ3v) is 2.14. The van der Waals surface area contributed by atoms with Crippen LogP contribution in [-0.4, -0.2) is 11.9 Å². The molecule has 0 heterocycles. The van der Waals surface area contributed by atoms with E-state index in [1.165, 1.54) is 0 Å². The van der Waals surface area contributed by atoms with Gasteiger partial charge in [-0.05, 0) is 32.4 Å². The summed E-state index contributed by atoms with van der Waals surface area (Å²) in [6.07, 6.45) is 1.60. The first-order valence-electron chi connectivity index (χ1n) is 5.52. The molecule has 1 aromatic carbocycles.